The minimum Gasteiger partial charge on any atom is -0.379 e. The SMILES string of the molecule is CNC1CCN(C)CC1CCOCCOCCn1cc(C)cc1C(N)=O. The molecule has 2 atom stereocenters. The first-order valence-electron chi connectivity index (χ1n) is 9.49. The van der Waals surface area contributed by atoms with E-state index in [1.807, 2.05) is 24.7 Å². The van der Waals surface area contributed by atoms with Crippen LogP contribution in [0.5, 0.6) is 0 Å². The number of rotatable bonds is 11. The number of hydrogen-bond acceptors (Lipinski definition) is 5. The predicted molar refractivity (Wildman–Crippen MR) is 102 cm³/mol. The Kier molecular flexibility index (Phi) is 8.58. The fraction of sp³-hybridized carbons (Fsp3) is 0.737. The second-order valence-electron chi connectivity index (χ2n) is 7.18. The lowest BCUT2D eigenvalue weighted by molar-refractivity contribution is 0.0335. The summed E-state index contributed by atoms with van der Waals surface area (Å²) in [5, 5.41) is 3.43. The second-order valence-corrected chi connectivity index (χ2v) is 7.18. The lowest BCUT2D eigenvalue weighted by Crippen LogP contribution is -2.47. The predicted octanol–water partition coefficient (Wildman–Crippen LogP) is 0.858. The number of piperidine rings is 1. The van der Waals surface area contributed by atoms with Crippen molar-refractivity contribution in [1.82, 2.24) is 14.8 Å². The molecule has 1 aromatic heterocycles. The number of hydrogen-bond donors (Lipinski definition) is 2. The number of carbonyl (C=O) groups excluding carboxylic acids is 1. The maximum atomic E-state index is 11.4. The molecule has 0 radical (unpaired) electrons. The van der Waals surface area contributed by atoms with Gasteiger partial charge in [0.05, 0.1) is 19.8 Å². The number of likely N-dealkylation sites (tertiary alicyclic amines) is 1. The van der Waals surface area contributed by atoms with Gasteiger partial charge in [-0.1, -0.05) is 0 Å². The van der Waals surface area contributed by atoms with Crippen molar-refractivity contribution >= 4 is 5.91 Å². The van der Waals surface area contributed by atoms with Gasteiger partial charge in [0.25, 0.3) is 5.91 Å². The monoisotopic (exact) mass is 366 g/mol. The molecule has 7 nitrogen and oxygen atoms in total. The topological polar surface area (TPSA) is 81.8 Å². The Hall–Kier alpha value is -1.41. The Balaban J connectivity index is 1.55. The second kappa shape index (κ2) is 10.7. The lowest BCUT2D eigenvalue weighted by Gasteiger charge is -2.36. The van der Waals surface area contributed by atoms with Gasteiger partial charge in [-0.2, -0.15) is 0 Å². The minimum atomic E-state index is -0.408. The van der Waals surface area contributed by atoms with Crippen LogP contribution in [0, 0.1) is 12.8 Å². The molecular weight excluding hydrogens is 332 g/mol. The number of primary amides is 1. The van der Waals surface area contributed by atoms with Crippen LogP contribution in [0.4, 0.5) is 0 Å². The van der Waals surface area contributed by atoms with Crippen molar-refractivity contribution in [2.75, 3.05) is 53.6 Å². The summed E-state index contributed by atoms with van der Waals surface area (Å²) in [6.45, 7) is 7.31. The number of nitrogens with two attached hydrogens (primary N) is 1. The van der Waals surface area contributed by atoms with Gasteiger partial charge in [0, 0.05) is 31.9 Å². The van der Waals surface area contributed by atoms with Gasteiger partial charge >= 0.3 is 0 Å². The van der Waals surface area contributed by atoms with E-state index >= 15 is 0 Å². The van der Waals surface area contributed by atoms with Gasteiger partial charge in [-0.25, -0.2) is 0 Å². The number of aryl methyl sites for hydroxylation is 1. The normalized spacial score (nSPS) is 21.2. The number of ether oxygens (including phenoxy) is 2. The number of nitrogens with one attached hydrogen (secondary N) is 1. The van der Waals surface area contributed by atoms with E-state index < -0.39 is 5.91 Å². The van der Waals surface area contributed by atoms with Gasteiger partial charge in [0.2, 0.25) is 0 Å². The van der Waals surface area contributed by atoms with Crippen molar-refractivity contribution in [1.29, 1.82) is 0 Å². The van der Waals surface area contributed by atoms with Gasteiger partial charge < -0.3 is 30.0 Å². The van der Waals surface area contributed by atoms with E-state index in [9.17, 15) is 4.79 Å². The molecule has 0 aromatic carbocycles. The highest BCUT2D eigenvalue weighted by Gasteiger charge is 2.25. The highest BCUT2D eigenvalue weighted by atomic mass is 16.5. The average molecular weight is 367 g/mol. The molecule has 0 saturated carbocycles. The number of amides is 1. The van der Waals surface area contributed by atoms with Gasteiger partial charge in [-0.05, 0) is 58.0 Å². The van der Waals surface area contributed by atoms with Crippen LogP contribution in [0.2, 0.25) is 0 Å². The largest absolute Gasteiger partial charge is 0.379 e. The fourth-order valence-corrected chi connectivity index (χ4v) is 3.65. The zero-order valence-electron chi connectivity index (χ0n) is 16.4. The fourth-order valence-electron chi connectivity index (χ4n) is 3.65. The summed E-state index contributed by atoms with van der Waals surface area (Å²) in [5.41, 5.74) is 6.93. The van der Waals surface area contributed by atoms with E-state index in [4.69, 9.17) is 15.2 Å². The van der Waals surface area contributed by atoms with Gasteiger partial charge in [-0.15, -0.1) is 0 Å². The first kappa shape index (κ1) is 20.9. The van der Waals surface area contributed by atoms with E-state index in [1.165, 1.54) is 6.42 Å². The summed E-state index contributed by atoms with van der Waals surface area (Å²) < 4.78 is 13.2. The Morgan fingerprint density at radius 2 is 2.04 bits per heavy atom. The van der Waals surface area contributed by atoms with Crippen LogP contribution in [0.15, 0.2) is 12.3 Å². The molecule has 1 amide bonds. The molecule has 3 N–H and O–H groups in total. The van der Waals surface area contributed by atoms with Crippen molar-refractivity contribution < 1.29 is 14.3 Å². The summed E-state index contributed by atoms with van der Waals surface area (Å²) in [7, 11) is 4.23. The molecule has 0 spiro atoms. The van der Waals surface area contributed by atoms with Crippen LogP contribution in [-0.2, 0) is 16.0 Å². The Morgan fingerprint density at radius 3 is 2.73 bits per heavy atom. The quantitative estimate of drug-likeness (QED) is 0.568. The zero-order chi connectivity index (χ0) is 18.9. The van der Waals surface area contributed by atoms with Crippen LogP contribution in [0.1, 0.15) is 28.9 Å². The Labute approximate surface area is 156 Å². The molecule has 1 saturated heterocycles. The zero-order valence-corrected chi connectivity index (χ0v) is 16.4. The maximum Gasteiger partial charge on any atom is 0.265 e. The lowest BCUT2D eigenvalue weighted by atomic mass is 9.90. The first-order chi connectivity index (χ1) is 12.5. The van der Waals surface area contributed by atoms with E-state index in [-0.39, 0.29) is 0 Å². The van der Waals surface area contributed by atoms with Crippen molar-refractivity contribution in [2.24, 2.45) is 11.7 Å². The molecule has 148 valence electrons. The molecule has 1 aliphatic heterocycles. The van der Waals surface area contributed by atoms with E-state index in [0.717, 1.165) is 31.7 Å². The van der Waals surface area contributed by atoms with Crippen LogP contribution >= 0.6 is 0 Å². The number of nitrogens with zero attached hydrogens (tertiary/aromatic N) is 2. The van der Waals surface area contributed by atoms with Crippen molar-refractivity contribution in [3.8, 4) is 0 Å². The molecule has 2 unspecified atom stereocenters. The molecule has 0 aliphatic carbocycles. The summed E-state index contributed by atoms with van der Waals surface area (Å²) in [6, 6.07) is 2.39. The molecule has 1 aromatic rings. The molecule has 2 heterocycles. The van der Waals surface area contributed by atoms with Crippen LogP contribution in [-0.4, -0.2) is 75.0 Å². The molecule has 0 bridgehead atoms. The van der Waals surface area contributed by atoms with Crippen LogP contribution in [0.25, 0.3) is 0 Å². The highest BCUT2D eigenvalue weighted by molar-refractivity contribution is 5.91. The summed E-state index contributed by atoms with van der Waals surface area (Å²) in [6.07, 6.45) is 4.19. The summed E-state index contributed by atoms with van der Waals surface area (Å²) in [5.74, 6) is 0.235. The van der Waals surface area contributed by atoms with Gasteiger partial charge in [0.1, 0.15) is 5.69 Å². The van der Waals surface area contributed by atoms with Crippen LogP contribution < -0.4 is 11.1 Å². The van der Waals surface area contributed by atoms with E-state index in [1.54, 1.807) is 6.07 Å². The molecule has 2 rings (SSSR count). The third-order valence-corrected chi connectivity index (χ3v) is 5.08. The molecule has 7 heteroatoms. The van der Waals surface area contributed by atoms with Gasteiger partial charge in [-0.3, -0.25) is 4.79 Å². The van der Waals surface area contributed by atoms with Gasteiger partial charge in [0.15, 0.2) is 0 Å². The average Bonchev–Trinajstić information content (AvgIpc) is 2.98. The molecule has 1 fully saturated rings. The van der Waals surface area contributed by atoms with Crippen molar-refractivity contribution in [3.05, 3.63) is 23.5 Å². The first-order valence-corrected chi connectivity index (χ1v) is 9.49. The Morgan fingerprint density at radius 1 is 1.31 bits per heavy atom. The van der Waals surface area contributed by atoms with Crippen molar-refractivity contribution in [3.63, 3.8) is 0 Å². The van der Waals surface area contributed by atoms with E-state index in [0.29, 0.717) is 44.0 Å². The highest BCUT2D eigenvalue weighted by Crippen LogP contribution is 2.19. The molecular formula is C19H34N4O3. The Bertz CT molecular complexity index is 561. The smallest absolute Gasteiger partial charge is 0.265 e. The molecule has 1 aliphatic rings. The third kappa shape index (κ3) is 6.39. The third-order valence-electron chi connectivity index (χ3n) is 5.08. The standard InChI is InChI=1S/C19H34N4O3/c1-15-12-18(19(20)24)23(13-15)7-9-26-11-10-25-8-5-16-14-22(3)6-4-17(16)21-2/h12-13,16-17,21H,4-11,14H2,1-3H3,(H2,20,24). The minimum absolute atomic E-state index is 0.408. The number of carbonyl (C=O) groups is 1. The number of aromatic nitrogens is 1. The van der Waals surface area contributed by atoms with Crippen molar-refractivity contribution in [2.45, 2.75) is 32.4 Å². The maximum absolute atomic E-state index is 11.4. The summed E-state index contributed by atoms with van der Waals surface area (Å²) in [4.78, 5) is 13.8. The summed E-state index contributed by atoms with van der Waals surface area (Å²) >= 11 is 0. The molecule has 26 heavy (non-hydrogen) atoms. The van der Waals surface area contributed by atoms with Crippen LogP contribution in [0.3, 0.4) is 0 Å². The van der Waals surface area contributed by atoms with E-state index in [2.05, 4.69) is 17.3 Å².